The van der Waals surface area contributed by atoms with Crippen molar-refractivity contribution in [2.24, 2.45) is 0 Å². The number of ether oxygens (including phenoxy) is 3. The van der Waals surface area contributed by atoms with Gasteiger partial charge in [0.2, 0.25) is 0 Å². The van der Waals surface area contributed by atoms with Gasteiger partial charge >= 0.3 is 6.09 Å². The molecule has 2 aromatic carbocycles. The number of hydrogen-bond donors (Lipinski definition) is 2. The van der Waals surface area contributed by atoms with Crippen LogP contribution in [0.25, 0.3) is 0 Å². The van der Waals surface area contributed by atoms with Gasteiger partial charge in [-0.05, 0) is 42.0 Å². The number of carbonyl (C=O) groups is 1. The summed E-state index contributed by atoms with van der Waals surface area (Å²) >= 11 is 0. The summed E-state index contributed by atoms with van der Waals surface area (Å²) < 4.78 is 29.4. The Hall–Kier alpha value is -3.06. The third kappa shape index (κ3) is 4.73. The Morgan fingerprint density at radius 1 is 1.23 bits per heavy atom. The molecule has 6 nitrogen and oxygen atoms in total. The number of nitrogens with one attached hydrogen (secondary N) is 1. The molecule has 0 fully saturated rings. The smallest absolute Gasteiger partial charge is 0.412 e. The van der Waals surface area contributed by atoms with Crippen LogP contribution in [0.4, 0.5) is 14.9 Å². The predicted octanol–water partition coefficient (Wildman–Crippen LogP) is 4.03. The molecule has 7 heteroatoms. The molecule has 0 spiro atoms. The molecule has 0 aromatic heterocycles. The van der Waals surface area contributed by atoms with Gasteiger partial charge in [0.25, 0.3) is 0 Å². The first-order valence-electron chi connectivity index (χ1n) is 7.74. The number of halogens is 1. The third-order valence-corrected chi connectivity index (χ3v) is 3.67. The molecule has 0 heterocycles. The van der Waals surface area contributed by atoms with E-state index in [1.165, 1.54) is 32.4 Å². The second-order valence-electron chi connectivity index (χ2n) is 5.33. The Bertz CT molecular complexity index is 763. The lowest BCUT2D eigenvalue weighted by atomic mass is 10.0. The number of rotatable bonds is 7. The molecule has 0 bridgehead atoms. The second-order valence-corrected chi connectivity index (χ2v) is 5.33. The lowest BCUT2D eigenvalue weighted by molar-refractivity contribution is 0.00586. The molecule has 2 N–H and O–H groups in total. The average Bonchev–Trinajstić information content (AvgIpc) is 2.64. The molecular weight excluding hydrogens is 341 g/mol. The van der Waals surface area contributed by atoms with Gasteiger partial charge in [-0.25, -0.2) is 9.18 Å². The number of hydrogen-bond acceptors (Lipinski definition) is 5. The molecule has 0 aliphatic rings. The maximum atomic E-state index is 13.7. The van der Waals surface area contributed by atoms with E-state index in [0.29, 0.717) is 17.0 Å². The van der Waals surface area contributed by atoms with E-state index in [1.54, 1.807) is 24.3 Å². The summed E-state index contributed by atoms with van der Waals surface area (Å²) in [4.78, 5) is 12.2. The van der Waals surface area contributed by atoms with Crippen LogP contribution in [0, 0.1) is 5.82 Å². The number of methoxy groups -OCH3 is 2. The van der Waals surface area contributed by atoms with Gasteiger partial charge in [-0.3, -0.25) is 5.32 Å². The van der Waals surface area contributed by atoms with Gasteiger partial charge in [0.05, 0.1) is 7.11 Å². The van der Waals surface area contributed by atoms with Crippen LogP contribution in [0.5, 0.6) is 11.5 Å². The SMILES string of the molecule is C=C[C@H](OC)[C@@H](OC(=O)Nc1ccc(OC)cc1)c1ccc(O)c(F)c1. The molecule has 0 saturated carbocycles. The predicted molar refractivity (Wildman–Crippen MR) is 94.9 cm³/mol. The van der Waals surface area contributed by atoms with Crippen LogP contribution in [0.2, 0.25) is 0 Å². The summed E-state index contributed by atoms with van der Waals surface area (Å²) in [6.07, 6.45) is -0.972. The van der Waals surface area contributed by atoms with Crippen molar-refractivity contribution in [2.75, 3.05) is 19.5 Å². The minimum Gasteiger partial charge on any atom is -0.505 e. The first-order valence-corrected chi connectivity index (χ1v) is 7.74. The van der Waals surface area contributed by atoms with E-state index >= 15 is 0 Å². The number of benzene rings is 2. The van der Waals surface area contributed by atoms with Gasteiger partial charge < -0.3 is 19.3 Å². The van der Waals surface area contributed by atoms with Crippen molar-refractivity contribution >= 4 is 11.8 Å². The molecule has 2 atom stereocenters. The zero-order valence-corrected chi connectivity index (χ0v) is 14.4. The zero-order valence-electron chi connectivity index (χ0n) is 14.4. The van der Waals surface area contributed by atoms with Crippen LogP contribution >= 0.6 is 0 Å². The van der Waals surface area contributed by atoms with E-state index < -0.39 is 29.9 Å². The fourth-order valence-corrected chi connectivity index (χ4v) is 2.31. The molecule has 0 unspecified atom stereocenters. The van der Waals surface area contributed by atoms with Crippen LogP contribution in [-0.4, -0.2) is 31.5 Å². The lowest BCUT2D eigenvalue weighted by Crippen LogP contribution is -2.26. The minimum atomic E-state index is -0.953. The summed E-state index contributed by atoms with van der Waals surface area (Å²) in [6.45, 7) is 3.63. The first kappa shape index (κ1) is 19.3. The fourth-order valence-electron chi connectivity index (χ4n) is 2.31. The van der Waals surface area contributed by atoms with Gasteiger partial charge in [-0.15, -0.1) is 6.58 Å². The zero-order chi connectivity index (χ0) is 19.1. The third-order valence-electron chi connectivity index (χ3n) is 3.67. The summed E-state index contributed by atoms with van der Waals surface area (Å²) in [7, 11) is 2.96. The topological polar surface area (TPSA) is 77.0 Å². The van der Waals surface area contributed by atoms with Gasteiger partial charge in [-0.2, -0.15) is 0 Å². The van der Waals surface area contributed by atoms with Crippen molar-refractivity contribution in [1.29, 1.82) is 0 Å². The lowest BCUT2D eigenvalue weighted by Gasteiger charge is -2.24. The number of carbonyl (C=O) groups excluding carboxylic acids is 1. The number of aromatic hydroxyl groups is 1. The molecule has 26 heavy (non-hydrogen) atoms. The van der Waals surface area contributed by atoms with E-state index in [9.17, 15) is 14.3 Å². The van der Waals surface area contributed by atoms with Gasteiger partial charge in [-0.1, -0.05) is 12.1 Å². The molecular formula is C19H20FNO5. The summed E-state index contributed by atoms with van der Waals surface area (Å²) in [5.74, 6) is -0.680. The van der Waals surface area contributed by atoms with E-state index in [-0.39, 0.29) is 0 Å². The van der Waals surface area contributed by atoms with Crippen molar-refractivity contribution in [1.82, 2.24) is 0 Å². The van der Waals surface area contributed by atoms with Gasteiger partial charge in [0.1, 0.15) is 11.9 Å². The average molecular weight is 361 g/mol. The van der Waals surface area contributed by atoms with Crippen LogP contribution in [0.3, 0.4) is 0 Å². The number of anilines is 1. The first-order chi connectivity index (χ1) is 12.5. The Kier molecular flexibility index (Phi) is 6.57. The Morgan fingerprint density at radius 3 is 2.46 bits per heavy atom. The van der Waals surface area contributed by atoms with Crippen LogP contribution in [0.1, 0.15) is 11.7 Å². The molecule has 2 aromatic rings. The summed E-state index contributed by atoms with van der Waals surface area (Å²) in [5, 5.41) is 11.9. The minimum absolute atomic E-state index is 0.317. The standard InChI is InChI=1S/C19H20FNO5/c1-4-17(25-3)18(12-5-10-16(22)15(20)11-12)26-19(23)21-13-6-8-14(24-2)9-7-13/h4-11,17-18,22H,1H2,2-3H3,(H,21,23)/t17-,18-/m0/s1. The number of amides is 1. The second kappa shape index (κ2) is 8.87. The summed E-state index contributed by atoms with van der Waals surface area (Å²) in [5.41, 5.74) is 0.816. The highest BCUT2D eigenvalue weighted by Crippen LogP contribution is 2.28. The van der Waals surface area contributed by atoms with E-state index in [4.69, 9.17) is 14.2 Å². The fraction of sp³-hybridized carbons (Fsp3) is 0.211. The number of phenolic OH excluding ortho intramolecular Hbond substituents is 1. The van der Waals surface area contributed by atoms with Crippen molar-refractivity contribution in [3.63, 3.8) is 0 Å². The van der Waals surface area contributed by atoms with Crippen molar-refractivity contribution in [2.45, 2.75) is 12.2 Å². The Balaban J connectivity index is 2.18. The highest BCUT2D eigenvalue weighted by Gasteiger charge is 2.26. The maximum absolute atomic E-state index is 13.7. The number of phenols is 1. The molecule has 138 valence electrons. The molecule has 0 aliphatic heterocycles. The molecule has 0 saturated heterocycles. The molecule has 0 aliphatic carbocycles. The van der Waals surface area contributed by atoms with Crippen molar-refractivity contribution in [3.8, 4) is 11.5 Å². The van der Waals surface area contributed by atoms with Crippen LogP contribution in [0.15, 0.2) is 55.1 Å². The Labute approximate surface area is 150 Å². The van der Waals surface area contributed by atoms with Gasteiger partial charge in [0, 0.05) is 12.8 Å². The monoisotopic (exact) mass is 361 g/mol. The quantitative estimate of drug-likeness (QED) is 0.728. The van der Waals surface area contributed by atoms with E-state index in [0.717, 1.165) is 6.07 Å². The molecule has 0 radical (unpaired) electrons. The van der Waals surface area contributed by atoms with E-state index in [2.05, 4.69) is 11.9 Å². The van der Waals surface area contributed by atoms with Crippen LogP contribution in [-0.2, 0) is 9.47 Å². The highest BCUT2D eigenvalue weighted by molar-refractivity contribution is 5.84. The molecule has 1 amide bonds. The molecule has 2 rings (SSSR count). The van der Waals surface area contributed by atoms with E-state index in [1.807, 2.05) is 0 Å². The summed E-state index contributed by atoms with van der Waals surface area (Å²) in [6, 6.07) is 10.4. The van der Waals surface area contributed by atoms with Crippen LogP contribution < -0.4 is 10.1 Å². The maximum Gasteiger partial charge on any atom is 0.412 e. The normalized spacial score (nSPS) is 12.7. The van der Waals surface area contributed by atoms with Crippen molar-refractivity contribution in [3.05, 3.63) is 66.5 Å². The van der Waals surface area contributed by atoms with Gasteiger partial charge in [0.15, 0.2) is 17.7 Å². The van der Waals surface area contributed by atoms with Crippen molar-refractivity contribution < 1.29 is 28.5 Å². The largest absolute Gasteiger partial charge is 0.505 e. The highest BCUT2D eigenvalue weighted by atomic mass is 19.1. The Morgan fingerprint density at radius 2 is 1.92 bits per heavy atom.